The number of hydrogen-bond donors (Lipinski definition) is 1. The maximum atomic E-state index is 8.03. The number of nitrogens with zero attached hydrogens (tertiary/aromatic N) is 2. The lowest BCUT2D eigenvalue weighted by molar-refractivity contribution is 0.310. The van der Waals surface area contributed by atoms with Crippen LogP contribution in [-0.4, -0.2) is 31.3 Å². The molecule has 0 amide bonds. The zero-order chi connectivity index (χ0) is 5.54. The number of aliphatic imine (C=N–C) groups is 2. The van der Waals surface area contributed by atoms with Crippen molar-refractivity contribution in [2.75, 3.05) is 13.8 Å². The summed E-state index contributed by atoms with van der Waals surface area (Å²) in [5.41, 5.74) is 0. The van der Waals surface area contributed by atoms with Crippen LogP contribution in [0.15, 0.2) is 9.98 Å². The Morgan fingerprint density at radius 1 is 1.57 bits per heavy atom. The van der Waals surface area contributed by atoms with Crippen molar-refractivity contribution in [3.63, 3.8) is 0 Å². The van der Waals surface area contributed by atoms with E-state index in [-0.39, 0.29) is 6.73 Å². The van der Waals surface area contributed by atoms with Crippen LogP contribution in [0.5, 0.6) is 0 Å². The molecule has 0 fully saturated rings. The van der Waals surface area contributed by atoms with Crippen molar-refractivity contribution < 1.29 is 5.11 Å². The molecule has 0 atom stereocenters. The molecule has 0 bridgehead atoms. The third-order valence-corrected chi connectivity index (χ3v) is 0.403. The molecule has 0 aromatic rings. The zero-order valence-corrected chi connectivity index (χ0v) is 4.20. The van der Waals surface area contributed by atoms with Crippen molar-refractivity contribution in [1.29, 1.82) is 0 Å². The van der Waals surface area contributed by atoms with Crippen molar-refractivity contribution in [2.45, 2.75) is 0 Å². The Morgan fingerprint density at radius 3 is 2.71 bits per heavy atom. The van der Waals surface area contributed by atoms with E-state index in [1.807, 2.05) is 0 Å². The summed E-state index contributed by atoms with van der Waals surface area (Å²) in [6, 6.07) is 0. The summed E-state index contributed by atoms with van der Waals surface area (Å²) < 4.78 is 0. The second kappa shape index (κ2) is 5.30. The molecule has 7 heavy (non-hydrogen) atoms. The minimum Gasteiger partial charge on any atom is -0.375 e. The van der Waals surface area contributed by atoms with Gasteiger partial charge in [-0.2, -0.15) is 0 Å². The first-order valence-corrected chi connectivity index (χ1v) is 1.93. The van der Waals surface area contributed by atoms with Crippen LogP contribution >= 0.6 is 0 Å². The van der Waals surface area contributed by atoms with E-state index in [4.69, 9.17) is 5.11 Å². The Balaban J connectivity index is 3.09. The summed E-state index contributed by atoms with van der Waals surface area (Å²) >= 11 is 0. The normalized spacial score (nSPS) is 11.7. The first kappa shape index (κ1) is 6.30. The topological polar surface area (TPSA) is 45.0 Å². The summed E-state index contributed by atoms with van der Waals surface area (Å²) in [5.74, 6) is 0. The second-order valence-corrected chi connectivity index (χ2v) is 0.880. The average molecular weight is 100 g/mol. The molecule has 0 aliphatic rings. The molecule has 40 valence electrons. The van der Waals surface area contributed by atoms with E-state index in [0.717, 1.165) is 0 Å². The van der Waals surface area contributed by atoms with Crippen molar-refractivity contribution >= 4 is 12.4 Å². The van der Waals surface area contributed by atoms with Crippen LogP contribution in [0, 0.1) is 0 Å². The molecule has 0 unspecified atom stereocenters. The largest absolute Gasteiger partial charge is 0.375 e. The molecule has 0 aliphatic heterocycles. The lowest BCUT2D eigenvalue weighted by Crippen LogP contribution is -1.77. The summed E-state index contributed by atoms with van der Waals surface area (Å²) in [7, 11) is 1.64. The fraction of sp³-hybridized carbons (Fsp3) is 0.500. The Bertz CT molecular complexity index is 77.8. The molecule has 0 rings (SSSR count). The van der Waals surface area contributed by atoms with Crippen molar-refractivity contribution in [3.8, 4) is 0 Å². The van der Waals surface area contributed by atoms with E-state index >= 15 is 0 Å². The molecular weight excluding hydrogens is 92.1 g/mol. The molecule has 0 aromatic heterocycles. The van der Waals surface area contributed by atoms with Gasteiger partial charge in [0.05, 0.1) is 0 Å². The summed E-state index contributed by atoms with van der Waals surface area (Å²) in [6.07, 6.45) is 2.95. The first-order valence-electron chi connectivity index (χ1n) is 1.93. The lowest BCUT2D eigenvalue weighted by atomic mass is 10.8. The maximum absolute atomic E-state index is 8.03. The molecular formula is C4H8N2O. The van der Waals surface area contributed by atoms with Crippen LogP contribution in [0.1, 0.15) is 0 Å². The SMILES string of the molecule is CN=CC=NCO. The highest BCUT2D eigenvalue weighted by atomic mass is 16.3. The highest BCUT2D eigenvalue weighted by molar-refractivity contribution is 6.15. The predicted octanol–water partition coefficient (Wildman–Crippen LogP) is -0.292. The van der Waals surface area contributed by atoms with Gasteiger partial charge in [-0.05, 0) is 0 Å². The molecule has 0 saturated heterocycles. The van der Waals surface area contributed by atoms with Gasteiger partial charge in [-0.25, -0.2) is 0 Å². The number of hydrogen-bond acceptors (Lipinski definition) is 3. The van der Waals surface area contributed by atoms with Gasteiger partial charge in [0.15, 0.2) is 0 Å². The second-order valence-electron chi connectivity index (χ2n) is 0.880. The Kier molecular flexibility index (Phi) is 4.77. The van der Waals surface area contributed by atoms with Crippen molar-refractivity contribution in [2.24, 2.45) is 9.98 Å². The molecule has 1 N–H and O–H groups in total. The Hall–Kier alpha value is -0.700. The molecule has 0 saturated carbocycles. The van der Waals surface area contributed by atoms with E-state index in [1.54, 1.807) is 7.05 Å². The first-order chi connectivity index (χ1) is 3.41. The summed E-state index contributed by atoms with van der Waals surface area (Å²) in [5, 5.41) is 8.03. The zero-order valence-electron chi connectivity index (χ0n) is 4.20. The van der Waals surface area contributed by atoms with Gasteiger partial charge in [-0.1, -0.05) is 0 Å². The minimum atomic E-state index is -0.161. The predicted molar refractivity (Wildman–Crippen MR) is 30.0 cm³/mol. The Labute approximate surface area is 42.4 Å². The van der Waals surface area contributed by atoms with Crippen LogP contribution in [0.4, 0.5) is 0 Å². The molecule has 0 spiro atoms. The lowest BCUT2D eigenvalue weighted by Gasteiger charge is -1.72. The van der Waals surface area contributed by atoms with Gasteiger partial charge >= 0.3 is 0 Å². The van der Waals surface area contributed by atoms with Gasteiger partial charge in [0, 0.05) is 19.5 Å². The molecule has 0 radical (unpaired) electrons. The van der Waals surface area contributed by atoms with Gasteiger partial charge in [0.1, 0.15) is 6.73 Å². The molecule has 0 aromatic carbocycles. The molecule has 0 heterocycles. The van der Waals surface area contributed by atoms with Crippen molar-refractivity contribution in [3.05, 3.63) is 0 Å². The molecule has 3 nitrogen and oxygen atoms in total. The van der Waals surface area contributed by atoms with E-state index in [1.165, 1.54) is 12.4 Å². The van der Waals surface area contributed by atoms with Gasteiger partial charge < -0.3 is 5.11 Å². The fourth-order valence-electron chi connectivity index (χ4n) is 0.161. The van der Waals surface area contributed by atoms with Crippen LogP contribution in [0.25, 0.3) is 0 Å². The van der Waals surface area contributed by atoms with E-state index in [0.29, 0.717) is 0 Å². The quantitative estimate of drug-likeness (QED) is 0.476. The van der Waals surface area contributed by atoms with Gasteiger partial charge in [-0.3, -0.25) is 9.98 Å². The highest BCUT2D eigenvalue weighted by Gasteiger charge is 1.58. The smallest absolute Gasteiger partial charge is 0.134 e. The average Bonchev–Trinajstić information content (AvgIpc) is 1.69. The number of rotatable bonds is 2. The minimum absolute atomic E-state index is 0.161. The van der Waals surface area contributed by atoms with Gasteiger partial charge in [-0.15, -0.1) is 0 Å². The van der Waals surface area contributed by atoms with Crippen LogP contribution in [0.2, 0.25) is 0 Å². The number of aliphatic hydroxyl groups is 1. The monoisotopic (exact) mass is 100 g/mol. The summed E-state index contributed by atoms with van der Waals surface area (Å²) in [4.78, 5) is 7.03. The van der Waals surface area contributed by atoms with E-state index < -0.39 is 0 Å². The van der Waals surface area contributed by atoms with E-state index in [2.05, 4.69) is 9.98 Å². The van der Waals surface area contributed by atoms with Gasteiger partial charge in [0.25, 0.3) is 0 Å². The third-order valence-electron chi connectivity index (χ3n) is 0.403. The Morgan fingerprint density at radius 2 is 2.29 bits per heavy atom. The molecule has 0 aliphatic carbocycles. The highest BCUT2D eigenvalue weighted by Crippen LogP contribution is 1.54. The van der Waals surface area contributed by atoms with Gasteiger partial charge in [0.2, 0.25) is 0 Å². The third kappa shape index (κ3) is 5.30. The standard InChI is InChI=1S/C4H8N2O/c1-5-2-3-6-4-7/h2-3,7H,4H2,1H3. The van der Waals surface area contributed by atoms with E-state index in [9.17, 15) is 0 Å². The molecule has 3 heteroatoms. The number of aliphatic hydroxyl groups excluding tert-OH is 1. The van der Waals surface area contributed by atoms with Crippen LogP contribution in [-0.2, 0) is 0 Å². The maximum Gasteiger partial charge on any atom is 0.134 e. The summed E-state index contributed by atoms with van der Waals surface area (Å²) in [6.45, 7) is -0.161. The van der Waals surface area contributed by atoms with Crippen molar-refractivity contribution in [1.82, 2.24) is 0 Å². The van der Waals surface area contributed by atoms with Crippen LogP contribution < -0.4 is 0 Å². The fourth-order valence-corrected chi connectivity index (χ4v) is 0.161. The van der Waals surface area contributed by atoms with Crippen LogP contribution in [0.3, 0.4) is 0 Å².